The lowest BCUT2D eigenvalue weighted by Gasteiger charge is -2.32. The lowest BCUT2D eigenvalue weighted by molar-refractivity contribution is -0.171. The van der Waals surface area contributed by atoms with Crippen molar-refractivity contribution in [1.29, 1.82) is 0 Å². The van der Waals surface area contributed by atoms with Gasteiger partial charge in [-0.1, -0.05) is 26.0 Å². The zero-order valence-corrected chi connectivity index (χ0v) is 8.77. The Hall–Kier alpha value is -0.340. The molecule has 1 heterocycles. The average molecular weight is 184 g/mol. The lowest BCUT2D eigenvalue weighted by Crippen LogP contribution is -2.32. The van der Waals surface area contributed by atoms with Crippen LogP contribution in [0.15, 0.2) is 12.2 Å². The summed E-state index contributed by atoms with van der Waals surface area (Å²) in [5.74, 6) is -0.207. The van der Waals surface area contributed by atoms with Crippen molar-refractivity contribution in [2.24, 2.45) is 0 Å². The van der Waals surface area contributed by atoms with Crippen molar-refractivity contribution >= 4 is 0 Å². The van der Waals surface area contributed by atoms with E-state index >= 15 is 0 Å². The summed E-state index contributed by atoms with van der Waals surface area (Å²) in [7, 11) is 0. The number of ether oxygens (including phenoxy) is 2. The molecular weight excluding hydrogens is 164 g/mol. The third kappa shape index (κ3) is 2.55. The Kier molecular flexibility index (Phi) is 3.94. The van der Waals surface area contributed by atoms with Gasteiger partial charge in [-0.25, -0.2) is 0 Å². The average Bonchev–Trinajstić information content (AvgIpc) is 2.63. The summed E-state index contributed by atoms with van der Waals surface area (Å²) in [6.45, 7) is 9.50. The molecule has 0 unspecified atom stereocenters. The fourth-order valence-electron chi connectivity index (χ4n) is 1.77. The fourth-order valence-corrected chi connectivity index (χ4v) is 1.77. The Morgan fingerprint density at radius 2 is 1.54 bits per heavy atom. The largest absolute Gasteiger partial charge is 0.348 e. The third-order valence-corrected chi connectivity index (χ3v) is 2.53. The van der Waals surface area contributed by atoms with E-state index in [1.54, 1.807) is 0 Å². The Labute approximate surface area is 80.9 Å². The van der Waals surface area contributed by atoms with E-state index < -0.39 is 0 Å². The highest BCUT2D eigenvalue weighted by Gasteiger charge is 2.38. The molecule has 1 saturated carbocycles. The van der Waals surface area contributed by atoms with Crippen LogP contribution in [0.4, 0.5) is 0 Å². The van der Waals surface area contributed by atoms with Gasteiger partial charge in [-0.05, 0) is 12.8 Å². The van der Waals surface area contributed by atoms with Crippen LogP contribution in [0.25, 0.3) is 0 Å². The van der Waals surface area contributed by atoms with Gasteiger partial charge in [0.25, 0.3) is 0 Å². The summed E-state index contributed by atoms with van der Waals surface area (Å²) in [5.41, 5.74) is 1.34. The first-order valence-electron chi connectivity index (χ1n) is 5.25. The smallest absolute Gasteiger partial charge is 0.169 e. The van der Waals surface area contributed by atoms with Crippen molar-refractivity contribution < 1.29 is 9.47 Å². The molecule has 2 heteroatoms. The number of hydrogen-bond acceptors (Lipinski definition) is 2. The summed E-state index contributed by atoms with van der Waals surface area (Å²) in [5, 5.41) is 0. The molecule has 0 aromatic heterocycles. The molecule has 0 amide bonds. The molecule has 1 saturated heterocycles. The minimum absolute atomic E-state index is 0.207. The van der Waals surface area contributed by atoms with Gasteiger partial charge in [-0.2, -0.15) is 0 Å². The first kappa shape index (κ1) is 10.7. The van der Waals surface area contributed by atoms with E-state index in [9.17, 15) is 0 Å². The normalized spacial score (nSPS) is 25.5. The van der Waals surface area contributed by atoms with E-state index in [-0.39, 0.29) is 5.79 Å². The minimum Gasteiger partial charge on any atom is -0.348 e. The number of hydrogen-bond donors (Lipinski definition) is 0. The molecule has 2 rings (SSSR count). The standard InChI is InChI=1S/C9H14O2.C2H6/c1-8-2-4-9(5-3-8)10-6-7-11-9;1-2/h1-7H2;1-2H3. The highest BCUT2D eigenvalue weighted by atomic mass is 16.7. The van der Waals surface area contributed by atoms with Gasteiger partial charge in [0.05, 0.1) is 13.2 Å². The predicted octanol–water partition coefficient (Wildman–Crippen LogP) is 2.89. The van der Waals surface area contributed by atoms with Crippen molar-refractivity contribution in [1.82, 2.24) is 0 Å². The van der Waals surface area contributed by atoms with Gasteiger partial charge in [0, 0.05) is 12.8 Å². The van der Waals surface area contributed by atoms with Crippen LogP contribution in [0, 0.1) is 0 Å². The summed E-state index contributed by atoms with van der Waals surface area (Å²) in [4.78, 5) is 0. The van der Waals surface area contributed by atoms with Crippen molar-refractivity contribution in [2.45, 2.75) is 45.3 Å². The third-order valence-electron chi connectivity index (χ3n) is 2.53. The van der Waals surface area contributed by atoms with Gasteiger partial charge in [0.2, 0.25) is 0 Å². The van der Waals surface area contributed by atoms with Crippen LogP contribution in [-0.2, 0) is 9.47 Å². The van der Waals surface area contributed by atoms with Crippen LogP contribution in [0.3, 0.4) is 0 Å². The number of rotatable bonds is 0. The van der Waals surface area contributed by atoms with Crippen LogP contribution < -0.4 is 0 Å². The minimum atomic E-state index is -0.207. The number of allylic oxidation sites excluding steroid dienone is 1. The molecule has 76 valence electrons. The van der Waals surface area contributed by atoms with Gasteiger partial charge in [0.15, 0.2) is 5.79 Å². The second-order valence-electron chi connectivity index (χ2n) is 3.36. The molecular formula is C11H20O2. The van der Waals surface area contributed by atoms with Crippen LogP contribution in [0.2, 0.25) is 0 Å². The molecule has 0 N–H and O–H groups in total. The maximum Gasteiger partial charge on any atom is 0.169 e. The van der Waals surface area contributed by atoms with E-state index in [2.05, 4.69) is 6.58 Å². The SMILES string of the molecule is C=C1CCC2(CC1)OCCO2.CC. The molecule has 0 aromatic carbocycles. The molecule has 0 atom stereocenters. The molecule has 2 nitrogen and oxygen atoms in total. The van der Waals surface area contributed by atoms with E-state index in [0.717, 1.165) is 38.9 Å². The van der Waals surface area contributed by atoms with Crippen molar-refractivity contribution in [3.05, 3.63) is 12.2 Å². The maximum atomic E-state index is 5.57. The maximum absolute atomic E-state index is 5.57. The summed E-state index contributed by atoms with van der Waals surface area (Å²) in [6.07, 6.45) is 4.15. The van der Waals surface area contributed by atoms with Crippen LogP contribution in [0.1, 0.15) is 39.5 Å². The van der Waals surface area contributed by atoms with Crippen molar-refractivity contribution in [3.63, 3.8) is 0 Å². The van der Waals surface area contributed by atoms with Crippen molar-refractivity contribution in [3.8, 4) is 0 Å². The highest BCUT2D eigenvalue weighted by Crippen LogP contribution is 2.37. The van der Waals surface area contributed by atoms with Crippen LogP contribution >= 0.6 is 0 Å². The van der Waals surface area contributed by atoms with Gasteiger partial charge in [-0.3, -0.25) is 0 Å². The van der Waals surface area contributed by atoms with Crippen molar-refractivity contribution in [2.75, 3.05) is 13.2 Å². The zero-order chi connectivity index (χ0) is 9.73. The molecule has 1 aliphatic heterocycles. The van der Waals surface area contributed by atoms with Crippen LogP contribution in [-0.4, -0.2) is 19.0 Å². The summed E-state index contributed by atoms with van der Waals surface area (Å²) in [6, 6.07) is 0. The molecule has 2 fully saturated rings. The van der Waals surface area contributed by atoms with E-state index in [1.807, 2.05) is 13.8 Å². The predicted molar refractivity (Wildman–Crippen MR) is 53.6 cm³/mol. The van der Waals surface area contributed by atoms with E-state index in [4.69, 9.17) is 9.47 Å². The zero-order valence-electron chi connectivity index (χ0n) is 8.77. The Morgan fingerprint density at radius 3 is 2.00 bits per heavy atom. The topological polar surface area (TPSA) is 18.5 Å². The molecule has 0 radical (unpaired) electrons. The molecule has 1 spiro atoms. The van der Waals surface area contributed by atoms with Gasteiger partial charge >= 0.3 is 0 Å². The van der Waals surface area contributed by atoms with Gasteiger partial charge < -0.3 is 9.47 Å². The summed E-state index contributed by atoms with van der Waals surface area (Å²) < 4.78 is 11.1. The van der Waals surface area contributed by atoms with E-state index in [0.29, 0.717) is 0 Å². The highest BCUT2D eigenvalue weighted by molar-refractivity contribution is 5.01. The second kappa shape index (κ2) is 4.77. The van der Waals surface area contributed by atoms with Crippen LogP contribution in [0.5, 0.6) is 0 Å². The molecule has 0 aromatic rings. The molecule has 0 bridgehead atoms. The molecule has 2 aliphatic rings. The Balaban J connectivity index is 0.000000396. The quantitative estimate of drug-likeness (QED) is 0.539. The molecule has 1 aliphatic carbocycles. The Bertz CT molecular complexity index is 157. The van der Waals surface area contributed by atoms with Gasteiger partial charge in [-0.15, -0.1) is 0 Å². The molecule has 13 heavy (non-hydrogen) atoms. The monoisotopic (exact) mass is 184 g/mol. The lowest BCUT2D eigenvalue weighted by atomic mass is 9.91. The second-order valence-corrected chi connectivity index (χ2v) is 3.36. The Morgan fingerprint density at radius 1 is 1.08 bits per heavy atom. The fraction of sp³-hybridized carbons (Fsp3) is 0.818. The van der Waals surface area contributed by atoms with Gasteiger partial charge in [0.1, 0.15) is 0 Å². The summed E-state index contributed by atoms with van der Waals surface area (Å²) >= 11 is 0. The first-order valence-corrected chi connectivity index (χ1v) is 5.25. The van der Waals surface area contributed by atoms with E-state index in [1.165, 1.54) is 5.57 Å². The first-order chi connectivity index (χ1) is 6.31.